The fraction of sp³-hybridized carbons (Fsp3) is 0.400. The summed E-state index contributed by atoms with van der Waals surface area (Å²) in [6, 6.07) is 6.91. The van der Waals surface area contributed by atoms with Gasteiger partial charge in [-0.3, -0.25) is 9.78 Å². The fourth-order valence-electron chi connectivity index (χ4n) is 3.04. The molecule has 0 aliphatic carbocycles. The Balaban J connectivity index is 1.70. The molecular formula is C20H22F2N2O3. The summed E-state index contributed by atoms with van der Waals surface area (Å²) in [5.41, 5.74) is 0.892. The van der Waals surface area contributed by atoms with Crippen LogP contribution < -0.4 is 4.74 Å². The molecule has 1 aliphatic rings. The van der Waals surface area contributed by atoms with Crippen LogP contribution in [0, 0.1) is 11.6 Å². The lowest BCUT2D eigenvalue weighted by atomic mass is 10.2. The topological polar surface area (TPSA) is 51.7 Å². The highest BCUT2D eigenvalue weighted by Crippen LogP contribution is 2.19. The SMILES string of the molecule is CC(Oc1ccc(F)c(F)c1)C(=O)N(Cc1cccnc1)CC1CCCO1. The van der Waals surface area contributed by atoms with Crippen molar-refractivity contribution in [1.29, 1.82) is 0 Å². The maximum atomic E-state index is 13.4. The predicted molar refractivity (Wildman–Crippen MR) is 95.1 cm³/mol. The Morgan fingerprint density at radius 3 is 2.89 bits per heavy atom. The second-order valence-corrected chi connectivity index (χ2v) is 6.55. The fourth-order valence-corrected chi connectivity index (χ4v) is 3.04. The minimum Gasteiger partial charge on any atom is -0.481 e. The molecule has 1 amide bonds. The van der Waals surface area contributed by atoms with E-state index in [9.17, 15) is 13.6 Å². The number of carbonyl (C=O) groups is 1. The summed E-state index contributed by atoms with van der Waals surface area (Å²) in [5, 5.41) is 0. The Morgan fingerprint density at radius 2 is 2.22 bits per heavy atom. The van der Waals surface area contributed by atoms with Crippen molar-refractivity contribution >= 4 is 5.91 Å². The number of pyridine rings is 1. The van der Waals surface area contributed by atoms with Gasteiger partial charge in [0.05, 0.1) is 6.10 Å². The molecule has 0 saturated carbocycles. The van der Waals surface area contributed by atoms with Crippen LogP contribution in [0.15, 0.2) is 42.7 Å². The van der Waals surface area contributed by atoms with Gasteiger partial charge in [-0.05, 0) is 43.5 Å². The van der Waals surface area contributed by atoms with Gasteiger partial charge in [0.15, 0.2) is 17.7 Å². The van der Waals surface area contributed by atoms with Crippen LogP contribution in [0.3, 0.4) is 0 Å². The highest BCUT2D eigenvalue weighted by atomic mass is 19.2. The molecule has 0 radical (unpaired) electrons. The van der Waals surface area contributed by atoms with Crippen LogP contribution in [0.25, 0.3) is 0 Å². The lowest BCUT2D eigenvalue weighted by Gasteiger charge is -2.28. The van der Waals surface area contributed by atoms with Crippen molar-refractivity contribution in [3.05, 3.63) is 59.9 Å². The third-order valence-corrected chi connectivity index (χ3v) is 4.41. The third-order valence-electron chi connectivity index (χ3n) is 4.41. The predicted octanol–water partition coefficient (Wildman–Crippen LogP) is 3.33. The normalized spacial score (nSPS) is 17.5. The van der Waals surface area contributed by atoms with Crippen LogP contribution in [0.5, 0.6) is 5.75 Å². The lowest BCUT2D eigenvalue weighted by molar-refractivity contribution is -0.140. The van der Waals surface area contributed by atoms with Gasteiger partial charge in [0, 0.05) is 38.2 Å². The van der Waals surface area contributed by atoms with Gasteiger partial charge in [-0.25, -0.2) is 8.78 Å². The molecule has 0 bridgehead atoms. The van der Waals surface area contributed by atoms with Crippen LogP contribution in [0.1, 0.15) is 25.3 Å². The zero-order chi connectivity index (χ0) is 19.2. The molecule has 1 aromatic carbocycles. The molecule has 2 heterocycles. The van der Waals surface area contributed by atoms with Gasteiger partial charge in [0.1, 0.15) is 5.75 Å². The molecule has 2 atom stereocenters. The molecular weight excluding hydrogens is 354 g/mol. The number of carbonyl (C=O) groups excluding carboxylic acids is 1. The number of nitrogens with zero attached hydrogens (tertiary/aromatic N) is 2. The Hall–Kier alpha value is -2.54. The third kappa shape index (κ3) is 5.23. The molecule has 0 N–H and O–H groups in total. The van der Waals surface area contributed by atoms with E-state index in [2.05, 4.69) is 4.98 Å². The van der Waals surface area contributed by atoms with Crippen LogP contribution >= 0.6 is 0 Å². The van der Waals surface area contributed by atoms with E-state index in [1.807, 2.05) is 12.1 Å². The summed E-state index contributed by atoms with van der Waals surface area (Å²) in [4.78, 5) is 18.7. The van der Waals surface area contributed by atoms with Crippen molar-refractivity contribution in [2.24, 2.45) is 0 Å². The average molecular weight is 376 g/mol. The van der Waals surface area contributed by atoms with Gasteiger partial charge in [0.2, 0.25) is 0 Å². The number of benzene rings is 1. The minimum absolute atomic E-state index is 0.0129. The summed E-state index contributed by atoms with van der Waals surface area (Å²) >= 11 is 0. The number of hydrogen-bond donors (Lipinski definition) is 0. The molecule has 5 nitrogen and oxygen atoms in total. The largest absolute Gasteiger partial charge is 0.481 e. The zero-order valence-electron chi connectivity index (χ0n) is 15.1. The van der Waals surface area contributed by atoms with Crippen molar-refractivity contribution in [3.8, 4) is 5.75 Å². The maximum Gasteiger partial charge on any atom is 0.263 e. The Morgan fingerprint density at radius 1 is 1.37 bits per heavy atom. The molecule has 27 heavy (non-hydrogen) atoms. The Bertz CT molecular complexity index is 767. The number of halogens is 2. The number of amides is 1. The quantitative estimate of drug-likeness (QED) is 0.744. The van der Waals surface area contributed by atoms with Crippen LogP contribution in [0.2, 0.25) is 0 Å². The average Bonchev–Trinajstić information content (AvgIpc) is 3.17. The lowest BCUT2D eigenvalue weighted by Crippen LogP contribution is -2.43. The maximum absolute atomic E-state index is 13.4. The summed E-state index contributed by atoms with van der Waals surface area (Å²) in [6.45, 7) is 3.10. The van der Waals surface area contributed by atoms with Gasteiger partial charge < -0.3 is 14.4 Å². The molecule has 144 valence electrons. The van der Waals surface area contributed by atoms with E-state index in [1.165, 1.54) is 6.07 Å². The summed E-state index contributed by atoms with van der Waals surface area (Å²) in [6.07, 6.45) is 4.38. The van der Waals surface area contributed by atoms with E-state index >= 15 is 0 Å². The highest BCUT2D eigenvalue weighted by Gasteiger charge is 2.27. The first-order valence-corrected chi connectivity index (χ1v) is 8.94. The smallest absolute Gasteiger partial charge is 0.263 e. The van der Waals surface area contributed by atoms with Crippen molar-refractivity contribution in [1.82, 2.24) is 9.88 Å². The molecule has 2 unspecified atom stereocenters. The number of ether oxygens (including phenoxy) is 2. The minimum atomic E-state index is -1.02. The van der Waals surface area contributed by atoms with Crippen LogP contribution in [-0.2, 0) is 16.1 Å². The molecule has 0 spiro atoms. The van der Waals surface area contributed by atoms with E-state index in [-0.39, 0.29) is 17.8 Å². The number of hydrogen-bond acceptors (Lipinski definition) is 4. The van der Waals surface area contributed by atoms with Crippen molar-refractivity contribution in [3.63, 3.8) is 0 Å². The zero-order valence-corrected chi connectivity index (χ0v) is 15.1. The van der Waals surface area contributed by atoms with Crippen LogP contribution in [0.4, 0.5) is 8.78 Å². The van der Waals surface area contributed by atoms with E-state index < -0.39 is 17.7 Å². The molecule has 1 fully saturated rings. The summed E-state index contributed by atoms with van der Waals surface area (Å²) in [7, 11) is 0. The second kappa shape index (κ2) is 8.90. The molecule has 1 saturated heterocycles. The van der Waals surface area contributed by atoms with Gasteiger partial charge in [0.25, 0.3) is 5.91 Å². The van der Waals surface area contributed by atoms with E-state index in [4.69, 9.17) is 9.47 Å². The van der Waals surface area contributed by atoms with Gasteiger partial charge in [-0.1, -0.05) is 6.07 Å². The number of aromatic nitrogens is 1. The van der Waals surface area contributed by atoms with Crippen LogP contribution in [-0.4, -0.2) is 41.2 Å². The monoisotopic (exact) mass is 376 g/mol. The van der Waals surface area contributed by atoms with E-state index in [1.54, 1.807) is 24.2 Å². The first-order valence-electron chi connectivity index (χ1n) is 8.94. The van der Waals surface area contributed by atoms with Crippen molar-refractivity contribution in [2.75, 3.05) is 13.2 Å². The first kappa shape index (κ1) is 19.2. The standard InChI is InChI=1S/C20H22F2N2O3/c1-14(27-16-6-7-18(21)19(22)10-16)20(25)24(13-17-5-3-9-26-17)12-15-4-2-8-23-11-15/h2,4,6-8,10-11,14,17H,3,5,9,12-13H2,1H3. The molecule has 1 aromatic heterocycles. The highest BCUT2D eigenvalue weighted by molar-refractivity contribution is 5.81. The number of rotatable bonds is 7. The molecule has 7 heteroatoms. The summed E-state index contributed by atoms with van der Waals surface area (Å²) < 4.78 is 37.6. The molecule has 3 rings (SSSR count). The Kier molecular flexibility index (Phi) is 6.34. The van der Waals surface area contributed by atoms with Gasteiger partial charge in [-0.15, -0.1) is 0 Å². The van der Waals surface area contributed by atoms with Crippen molar-refractivity contribution < 1.29 is 23.0 Å². The Labute approximate surface area is 156 Å². The van der Waals surface area contributed by atoms with E-state index in [0.29, 0.717) is 19.7 Å². The summed E-state index contributed by atoms with van der Waals surface area (Å²) in [5.74, 6) is -2.12. The van der Waals surface area contributed by atoms with E-state index in [0.717, 1.165) is 30.5 Å². The first-order chi connectivity index (χ1) is 13.0. The van der Waals surface area contributed by atoms with Crippen molar-refractivity contribution in [2.45, 2.75) is 38.5 Å². The van der Waals surface area contributed by atoms with Gasteiger partial charge in [-0.2, -0.15) is 0 Å². The molecule has 1 aliphatic heterocycles. The second-order valence-electron chi connectivity index (χ2n) is 6.55. The molecule has 2 aromatic rings. The van der Waals surface area contributed by atoms with Gasteiger partial charge >= 0.3 is 0 Å².